The largest absolute Gasteiger partial charge is 0.342 e. The fourth-order valence-corrected chi connectivity index (χ4v) is 1.80. The Kier molecular flexibility index (Phi) is 1.88. The van der Waals surface area contributed by atoms with Crippen LogP contribution in [0.2, 0.25) is 0 Å². The molecule has 1 heterocycles. The van der Waals surface area contributed by atoms with Crippen LogP contribution in [0.15, 0.2) is 30.5 Å². The van der Waals surface area contributed by atoms with Crippen LogP contribution in [0.3, 0.4) is 0 Å². The lowest BCUT2D eigenvalue weighted by Crippen LogP contribution is -1.82. The van der Waals surface area contributed by atoms with Crippen molar-refractivity contribution in [3.8, 4) is 11.4 Å². The SMILES string of the molecule is Cc1ccc(-c2ncc(C3CC3)[nH]2)cc1. The van der Waals surface area contributed by atoms with Crippen LogP contribution in [0.4, 0.5) is 0 Å². The van der Waals surface area contributed by atoms with Crippen molar-refractivity contribution in [2.45, 2.75) is 25.7 Å². The summed E-state index contributed by atoms with van der Waals surface area (Å²) < 4.78 is 0. The van der Waals surface area contributed by atoms with Crippen molar-refractivity contribution in [3.05, 3.63) is 41.7 Å². The van der Waals surface area contributed by atoms with Gasteiger partial charge in [0.2, 0.25) is 0 Å². The highest BCUT2D eigenvalue weighted by Crippen LogP contribution is 2.39. The summed E-state index contributed by atoms with van der Waals surface area (Å²) >= 11 is 0. The highest BCUT2D eigenvalue weighted by molar-refractivity contribution is 5.55. The second-order valence-electron chi connectivity index (χ2n) is 4.33. The van der Waals surface area contributed by atoms with E-state index < -0.39 is 0 Å². The number of rotatable bonds is 2. The lowest BCUT2D eigenvalue weighted by atomic mass is 10.1. The summed E-state index contributed by atoms with van der Waals surface area (Å²) in [6, 6.07) is 8.47. The molecule has 0 bridgehead atoms. The average molecular weight is 198 g/mol. The molecular formula is C13H14N2. The second-order valence-corrected chi connectivity index (χ2v) is 4.33. The minimum atomic E-state index is 0.747. The lowest BCUT2D eigenvalue weighted by molar-refractivity contribution is 1.05. The third-order valence-electron chi connectivity index (χ3n) is 2.94. The van der Waals surface area contributed by atoms with Gasteiger partial charge in [-0.3, -0.25) is 0 Å². The number of hydrogen-bond acceptors (Lipinski definition) is 1. The van der Waals surface area contributed by atoms with Crippen molar-refractivity contribution < 1.29 is 0 Å². The average Bonchev–Trinajstić information content (AvgIpc) is 2.99. The molecule has 1 fully saturated rings. The number of hydrogen-bond donors (Lipinski definition) is 1. The standard InChI is InChI=1S/C13H14N2/c1-9-2-4-11(5-3-9)13-14-8-12(15-13)10-6-7-10/h2-5,8,10H,6-7H2,1H3,(H,14,15). The summed E-state index contributed by atoms with van der Waals surface area (Å²) in [5.74, 6) is 1.74. The Labute approximate surface area is 89.4 Å². The fraction of sp³-hybridized carbons (Fsp3) is 0.308. The van der Waals surface area contributed by atoms with E-state index in [1.54, 1.807) is 0 Å². The van der Waals surface area contributed by atoms with Gasteiger partial charge in [0.1, 0.15) is 5.82 Å². The Balaban J connectivity index is 1.93. The summed E-state index contributed by atoms with van der Waals surface area (Å²) in [7, 11) is 0. The van der Waals surface area contributed by atoms with E-state index in [2.05, 4.69) is 41.2 Å². The fourth-order valence-electron chi connectivity index (χ4n) is 1.80. The molecule has 0 aliphatic heterocycles. The van der Waals surface area contributed by atoms with Crippen molar-refractivity contribution >= 4 is 0 Å². The number of aryl methyl sites for hydroxylation is 1. The van der Waals surface area contributed by atoms with E-state index in [0.717, 1.165) is 11.7 Å². The number of H-pyrrole nitrogens is 1. The molecule has 0 saturated heterocycles. The van der Waals surface area contributed by atoms with E-state index in [4.69, 9.17) is 0 Å². The van der Waals surface area contributed by atoms with Crippen LogP contribution in [0.25, 0.3) is 11.4 Å². The maximum absolute atomic E-state index is 4.42. The summed E-state index contributed by atoms with van der Waals surface area (Å²) in [5.41, 5.74) is 3.76. The third-order valence-corrected chi connectivity index (χ3v) is 2.94. The molecule has 3 rings (SSSR count). The minimum absolute atomic E-state index is 0.747. The monoisotopic (exact) mass is 198 g/mol. The summed E-state index contributed by atoms with van der Waals surface area (Å²) in [4.78, 5) is 7.82. The summed E-state index contributed by atoms with van der Waals surface area (Å²) in [6.45, 7) is 2.10. The van der Waals surface area contributed by atoms with Gasteiger partial charge >= 0.3 is 0 Å². The molecule has 0 atom stereocenters. The summed E-state index contributed by atoms with van der Waals surface area (Å²) in [6.07, 6.45) is 4.61. The van der Waals surface area contributed by atoms with Crippen molar-refractivity contribution in [1.82, 2.24) is 9.97 Å². The molecule has 15 heavy (non-hydrogen) atoms. The third kappa shape index (κ3) is 1.67. The predicted molar refractivity (Wildman–Crippen MR) is 60.7 cm³/mol. The van der Waals surface area contributed by atoms with Gasteiger partial charge in [-0.05, 0) is 19.8 Å². The van der Waals surface area contributed by atoms with Crippen LogP contribution >= 0.6 is 0 Å². The molecule has 1 aliphatic carbocycles. The van der Waals surface area contributed by atoms with Crippen molar-refractivity contribution in [2.24, 2.45) is 0 Å². The number of imidazole rings is 1. The molecule has 0 unspecified atom stereocenters. The van der Waals surface area contributed by atoms with E-state index in [0.29, 0.717) is 0 Å². The molecule has 0 radical (unpaired) electrons. The normalized spacial score (nSPS) is 15.5. The van der Waals surface area contributed by atoms with Crippen LogP contribution in [-0.2, 0) is 0 Å². The van der Waals surface area contributed by atoms with Crippen molar-refractivity contribution in [2.75, 3.05) is 0 Å². The highest BCUT2D eigenvalue weighted by atomic mass is 14.9. The van der Waals surface area contributed by atoms with Crippen molar-refractivity contribution in [3.63, 3.8) is 0 Å². The molecule has 76 valence electrons. The number of benzene rings is 1. The number of nitrogens with zero attached hydrogens (tertiary/aromatic N) is 1. The van der Waals surface area contributed by atoms with Gasteiger partial charge in [-0.25, -0.2) is 4.98 Å². The summed E-state index contributed by atoms with van der Waals surface area (Å²) in [5, 5.41) is 0. The van der Waals surface area contributed by atoms with Gasteiger partial charge in [-0.15, -0.1) is 0 Å². The minimum Gasteiger partial charge on any atom is -0.342 e. The molecule has 1 aliphatic rings. The first kappa shape index (κ1) is 8.72. The molecule has 1 aromatic carbocycles. The molecule has 2 heteroatoms. The van der Waals surface area contributed by atoms with Gasteiger partial charge in [0.15, 0.2) is 0 Å². The zero-order valence-electron chi connectivity index (χ0n) is 8.83. The Morgan fingerprint density at radius 1 is 1.20 bits per heavy atom. The molecular weight excluding hydrogens is 184 g/mol. The van der Waals surface area contributed by atoms with Crippen LogP contribution in [0, 0.1) is 6.92 Å². The van der Waals surface area contributed by atoms with Gasteiger partial charge in [0.05, 0.1) is 0 Å². The number of nitrogens with one attached hydrogen (secondary N) is 1. The quantitative estimate of drug-likeness (QED) is 0.788. The molecule has 1 aromatic heterocycles. The van der Waals surface area contributed by atoms with E-state index in [1.807, 2.05) is 6.20 Å². The Morgan fingerprint density at radius 2 is 1.93 bits per heavy atom. The topological polar surface area (TPSA) is 28.7 Å². The Bertz CT molecular complexity index is 464. The molecule has 2 nitrogen and oxygen atoms in total. The van der Waals surface area contributed by atoms with Gasteiger partial charge in [-0.2, -0.15) is 0 Å². The zero-order valence-corrected chi connectivity index (χ0v) is 8.83. The van der Waals surface area contributed by atoms with E-state index >= 15 is 0 Å². The maximum atomic E-state index is 4.42. The Hall–Kier alpha value is -1.57. The molecule has 2 aromatic rings. The van der Waals surface area contributed by atoms with E-state index in [9.17, 15) is 0 Å². The van der Waals surface area contributed by atoms with Crippen LogP contribution < -0.4 is 0 Å². The van der Waals surface area contributed by atoms with Crippen LogP contribution in [0.1, 0.15) is 30.0 Å². The van der Waals surface area contributed by atoms with Gasteiger partial charge < -0.3 is 4.98 Å². The first-order valence-corrected chi connectivity index (χ1v) is 5.45. The highest BCUT2D eigenvalue weighted by Gasteiger charge is 2.25. The number of aromatic nitrogens is 2. The number of aromatic amines is 1. The van der Waals surface area contributed by atoms with Crippen LogP contribution in [0.5, 0.6) is 0 Å². The predicted octanol–water partition coefficient (Wildman–Crippen LogP) is 3.26. The molecule has 0 amide bonds. The van der Waals surface area contributed by atoms with E-state index in [1.165, 1.54) is 29.7 Å². The second kappa shape index (κ2) is 3.23. The van der Waals surface area contributed by atoms with Gasteiger partial charge in [0, 0.05) is 23.4 Å². The molecule has 1 N–H and O–H groups in total. The first-order valence-electron chi connectivity index (χ1n) is 5.45. The van der Waals surface area contributed by atoms with Gasteiger partial charge in [-0.1, -0.05) is 29.8 Å². The lowest BCUT2D eigenvalue weighted by Gasteiger charge is -1.97. The maximum Gasteiger partial charge on any atom is 0.137 e. The smallest absolute Gasteiger partial charge is 0.137 e. The first-order chi connectivity index (χ1) is 7.33. The molecule has 1 saturated carbocycles. The molecule has 0 spiro atoms. The van der Waals surface area contributed by atoms with Crippen LogP contribution in [-0.4, -0.2) is 9.97 Å². The van der Waals surface area contributed by atoms with Gasteiger partial charge in [0.25, 0.3) is 0 Å². The Morgan fingerprint density at radius 3 is 2.60 bits per heavy atom. The van der Waals surface area contributed by atoms with E-state index in [-0.39, 0.29) is 0 Å². The van der Waals surface area contributed by atoms with Crippen molar-refractivity contribution in [1.29, 1.82) is 0 Å². The zero-order chi connectivity index (χ0) is 10.3.